The Morgan fingerprint density at radius 3 is 2.25 bits per heavy atom. The Hall–Kier alpha value is -3.50. The van der Waals surface area contributed by atoms with Gasteiger partial charge in [-0.3, -0.25) is 4.79 Å². The van der Waals surface area contributed by atoms with E-state index < -0.39 is 0 Å². The van der Waals surface area contributed by atoms with Crippen molar-refractivity contribution in [1.82, 2.24) is 0 Å². The molecule has 0 bridgehead atoms. The molecule has 0 saturated heterocycles. The Labute approximate surface area is 166 Å². The molecule has 140 valence electrons. The highest BCUT2D eigenvalue weighted by Gasteiger charge is 2.05. The van der Waals surface area contributed by atoms with Crippen LogP contribution in [-0.4, -0.2) is 19.2 Å². The number of thiophene rings is 1. The van der Waals surface area contributed by atoms with E-state index in [1.165, 1.54) is 0 Å². The fourth-order valence-electron chi connectivity index (χ4n) is 2.25. The smallest absolute Gasteiger partial charge is 0.310 e. The molecule has 1 aromatic heterocycles. The van der Waals surface area contributed by atoms with Crippen LogP contribution >= 0.6 is 11.3 Å². The summed E-state index contributed by atoms with van der Waals surface area (Å²) >= 11 is 1.55. The van der Waals surface area contributed by atoms with Crippen LogP contribution in [0.5, 0.6) is 5.75 Å². The van der Waals surface area contributed by atoms with E-state index in [4.69, 9.17) is 14.7 Å². The van der Waals surface area contributed by atoms with Gasteiger partial charge in [0.05, 0.1) is 29.4 Å². The van der Waals surface area contributed by atoms with Crippen molar-refractivity contribution in [3.63, 3.8) is 0 Å². The van der Waals surface area contributed by atoms with Gasteiger partial charge >= 0.3 is 5.97 Å². The molecule has 0 atom stereocenters. The van der Waals surface area contributed by atoms with E-state index >= 15 is 0 Å². The highest BCUT2D eigenvalue weighted by Crippen LogP contribution is 2.21. The first-order valence-corrected chi connectivity index (χ1v) is 9.49. The van der Waals surface area contributed by atoms with Gasteiger partial charge in [-0.1, -0.05) is 0 Å². The molecule has 0 aliphatic heterocycles. The standard InChI is InChI=1S/C21H17N3O3S/c22-14-16-1-3-18(4-2-16)23-24-19-5-7-20(8-6-19)26-10-11-27-21(25)13-17-9-12-28-15-17/h1-9,12,15H,10-11,13H2. The maximum absolute atomic E-state index is 11.7. The monoisotopic (exact) mass is 391 g/mol. The van der Waals surface area contributed by atoms with Crippen LogP contribution in [0.3, 0.4) is 0 Å². The fourth-order valence-corrected chi connectivity index (χ4v) is 2.92. The Morgan fingerprint density at radius 2 is 1.64 bits per heavy atom. The average molecular weight is 391 g/mol. The van der Waals surface area contributed by atoms with E-state index in [0.29, 0.717) is 22.7 Å². The first kappa shape index (κ1) is 19.3. The Balaban J connectivity index is 1.40. The molecule has 2 aromatic carbocycles. The second-order valence-electron chi connectivity index (χ2n) is 5.73. The first-order valence-electron chi connectivity index (χ1n) is 8.54. The van der Waals surface area contributed by atoms with Gasteiger partial charge in [-0.05, 0) is 70.9 Å². The summed E-state index contributed by atoms with van der Waals surface area (Å²) in [6, 6.07) is 17.9. The van der Waals surface area contributed by atoms with E-state index in [-0.39, 0.29) is 25.6 Å². The molecule has 28 heavy (non-hydrogen) atoms. The van der Waals surface area contributed by atoms with Crippen LogP contribution in [0, 0.1) is 11.3 Å². The van der Waals surface area contributed by atoms with Crippen LogP contribution in [0.1, 0.15) is 11.1 Å². The predicted molar refractivity (Wildman–Crippen MR) is 106 cm³/mol. The summed E-state index contributed by atoms with van der Waals surface area (Å²) in [5.74, 6) is 0.395. The van der Waals surface area contributed by atoms with Crippen molar-refractivity contribution in [1.29, 1.82) is 5.26 Å². The number of ether oxygens (including phenoxy) is 2. The van der Waals surface area contributed by atoms with Crippen molar-refractivity contribution in [2.75, 3.05) is 13.2 Å². The van der Waals surface area contributed by atoms with E-state index in [1.807, 2.05) is 16.8 Å². The molecular weight excluding hydrogens is 374 g/mol. The highest BCUT2D eigenvalue weighted by atomic mass is 32.1. The van der Waals surface area contributed by atoms with Gasteiger partial charge < -0.3 is 9.47 Å². The van der Waals surface area contributed by atoms with Crippen LogP contribution in [0.4, 0.5) is 11.4 Å². The Bertz CT molecular complexity index is 960. The molecule has 0 fully saturated rings. The van der Waals surface area contributed by atoms with Crippen LogP contribution in [-0.2, 0) is 16.0 Å². The molecule has 0 aliphatic carbocycles. The summed E-state index contributed by atoms with van der Waals surface area (Å²) in [5.41, 5.74) is 2.89. The lowest BCUT2D eigenvalue weighted by atomic mass is 10.2. The minimum atomic E-state index is -0.263. The molecule has 0 N–H and O–H groups in total. The summed E-state index contributed by atoms with van der Waals surface area (Å²) < 4.78 is 10.7. The highest BCUT2D eigenvalue weighted by molar-refractivity contribution is 7.07. The molecule has 3 aromatic rings. The van der Waals surface area contributed by atoms with Gasteiger partial charge in [0.15, 0.2) is 0 Å². The summed E-state index contributed by atoms with van der Waals surface area (Å²) in [7, 11) is 0. The number of nitrogens with zero attached hydrogens (tertiary/aromatic N) is 3. The van der Waals surface area contributed by atoms with Crippen molar-refractivity contribution in [3.05, 3.63) is 76.5 Å². The Kier molecular flexibility index (Phi) is 6.88. The number of benzene rings is 2. The molecule has 0 spiro atoms. The van der Waals surface area contributed by atoms with Crippen LogP contribution < -0.4 is 4.74 Å². The summed E-state index contributed by atoms with van der Waals surface area (Å²) in [5, 5.41) is 20.9. The van der Waals surface area contributed by atoms with Crippen LogP contribution in [0.25, 0.3) is 0 Å². The van der Waals surface area contributed by atoms with Crippen LogP contribution in [0.2, 0.25) is 0 Å². The van der Waals surface area contributed by atoms with Gasteiger partial charge in [0.2, 0.25) is 0 Å². The van der Waals surface area contributed by atoms with E-state index in [1.54, 1.807) is 59.9 Å². The topological polar surface area (TPSA) is 84.0 Å². The molecule has 0 unspecified atom stereocenters. The van der Waals surface area contributed by atoms with E-state index in [9.17, 15) is 4.79 Å². The van der Waals surface area contributed by atoms with Gasteiger partial charge in [0, 0.05) is 0 Å². The number of hydrogen-bond acceptors (Lipinski definition) is 7. The van der Waals surface area contributed by atoms with Crippen molar-refractivity contribution >= 4 is 28.7 Å². The van der Waals surface area contributed by atoms with E-state index in [0.717, 1.165) is 5.56 Å². The molecular formula is C21H17N3O3S. The third-order valence-electron chi connectivity index (χ3n) is 3.66. The third-order valence-corrected chi connectivity index (χ3v) is 4.39. The largest absolute Gasteiger partial charge is 0.490 e. The second kappa shape index (κ2) is 10.00. The predicted octanol–water partition coefficient (Wildman–Crippen LogP) is 5.20. The molecule has 6 nitrogen and oxygen atoms in total. The first-order chi connectivity index (χ1) is 13.7. The van der Waals surface area contributed by atoms with Gasteiger partial charge in [0.1, 0.15) is 19.0 Å². The normalized spacial score (nSPS) is 10.5. The van der Waals surface area contributed by atoms with Gasteiger partial charge in [-0.2, -0.15) is 26.8 Å². The molecule has 0 radical (unpaired) electrons. The maximum Gasteiger partial charge on any atom is 0.310 e. The minimum Gasteiger partial charge on any atom is -0.490 e. The lowest BCUT2D eigenvalue weighted by Crippen LogP contribution is -2.13. The molecule has 7 heteroatoms. The van der Waals surface area contributed by atoms with Gasteiger partial charge in [-0.15, -0.1) is 0 Å². The zero-order valence-electron chi connectivity index (χ0n) is 14.9. The zero-order valence-corrected chi connectivity index (χ0v) is 15.8. The van der Waals surface area contributed by atoms with Crippen molar-refractivity contribution in [3.8, 4) is 11.8 Å². The number of hydrogen-bond donors (Lipinski definition) is 0. The summed E-state index contributed by atoms with van der Waals surface area (Å²) in [4.78, 5) is 11.7. The Morgan fingerprint density at radius 1 is 0.964 bits per heavy atom. The number of nitriles is 1. The zero-order chi connectivity index (χ0) is 19.6. The lowest BCUT2D eigenvalue weighted by Gasteiger charge is -2.07. The fraction of sp³-hybridized carbons (Fsp3) is 0.143. The number of carbonyl (C=O) groups is 1. The molecule has 0 aliphatic rings. The number of carbonyl (C=O) groups excluding carboxylic acids is 1. The third kappa shape index (κ3) is 6.04. The molecule has 3 rings (SSSR count). The lowest BCUT2D eigenvalue weighted by molar-refractivity contribution is -0.143. The number of azo groups is 1. The summed E-state index contributed by atoms with van der Waals surface area (Å²) in [6.07, 6.45) is 0.280. The van der Waals surface area contributed by atoms with Crippen LogP contribution in [0.15, 0.2) is 75.6 Å². The second-order valence-corrected chi connectivity index (χ2v) is 6.51. The minimum absolute atomic E-state index is 0.198. The van der Waals surface area contributed by atoms with E-state index in [2.05, 4.69) is 16.3 Å². The molecule has 0 amide bonds. The molecule has 0 saturated carbocycles. The number of esters is 1. The maximum atomic E-state index is 11.7. The van der Waals surface area contributed by atoms with Crippen molar-refractivity contribution in [2.45, 2.75) is 6.42 Å². The van der Waals surface area contributed by atoms with Crippen molar-refractivity contribution in [2.24, 2.45) is 10.2 Å². The van der Waals surface area contributed by atoms with Gasteiger partial charge in [-0.25, -0.2) is 0 Å². The SMILES string of the molecule is N#Cc1ccc(N=Nc2ccc(OCCOC(=O)Cc3ccsc3)cc2)cc1. The van der Waals surface area contributed by atoms with Gasteiger partial charge in [0.25, 0.3) is 0 Å². The molecule has 1 heterocycles. The summed E-state index contributed by atoms with van der Waals surface area (Å²) in [6.45, 7) is 0.477. The quantitative estimate of drug-likeness (QED) is 0.300. The number of rotatable bonds is 8. The average Bonchev–Trinajstić information content (AvgIpc) is 3.24. The van der Waals surface area contributed by atoms with Crippen molar-refractivity contribution < 1.29 is 14.3 Å².